The Morgan fingerprint density at radius 2 is 1.83 bits per heavy atom. The molecule has 0 aromatic heterocycles. The highest BCUT2D eigenvalue weighted by atomic mass is 16.6. The van der Waals surface area contributed by atoms with Crippen molar-refractivity contribution < 1.29 is 14.3 Å². The van der Waals surface area contributed by atoms with Crippen molar-refractivity contribution in [2.24, 2.45) is 0 Å². The third kappa shape index (κ3) is 3.26. The summed E-state index contributed by atoms with van der Waals surface area (Å²) in [6.45, 7) is 2.64. The second kappa shape index (κ2) is 6.65. The average Bonchev–Trinajstić information content (AvgIpc) is 3.00. The van der Waals surface area contributed by atoms with Crippen molar-refractivity contribution in [2.75, 3.05) is 13.2 Å². The highest BCUT2D eigenvalue weighted by molar-refractivity contribution is 5.96. The fourth-order valence-electron chi connectivity index (χ4n) is 2.87. The van der Waals surface area contributed by atoms with Crippen molar-refractivity contribution in [1.82, 2.24) is 4.90 Å². The molecule has 0 N–H and O–H groups in total. The molecule has 2 amide bonds. The van der Waals surface area contributed by atoms with Gasteiger partial charge in [0.25, 0.3) is 0 Å². The number of hydrogen-bond donors (Lipinski definition) is 0. The Labute approximate surface area is 135 Å². The normalized spacial score (nSPS) is 15.3. The summed E-state index contributed by atoms with van der Waals surface area (Å²) < 4.78 is 4.91. The van der Waals surface area contributed by atoms with Crippen molar-refractivity contribution in [3.63, 3.8) is 0 Å². The summed E-state index contributed by atoms with van der Waals surface area (Å²) in [7, 11) is 0. The first-order valence-corrected chi connectivity index (χ1v) is 7.74. The number of carbonyl (C=O) groups is 2. The van der Waals surface area contributed by atoms with Gasteiger partial charge >= 0.3 is 6.09 Å². The van der Waals surface area contributed by atoms with Gasteiger partial charge in [-0.25, -0.2) is 9.69 Å². The molecule has 1 unspecified atom stereocenters. The van der Waals surface area contributed by atoms with Crippen molar-refractivity contribution >= 4 is 12.0 Å². The minimum Gasteiger partial charge on any atom is -0.447 e. The van der Waals surface area contributed by atoms with Gasteiger partial charge in [-0.2, -0.15) is 0 Å². The van der Waals surface area contributed by atoms with E-state index in [1.165, 1.54) is 4.90 Å². The molecular weight excluding hydrogens is 290 g/mol. The summed E-state index contributed by atoms with van der Waals surface area (Å²) in [6.07, 6.45) is 0.0277. The van der Waals surface area contributed by atoms with Crippen LogP contribution >= 0.6 is 0 Å². The molecule has 0 spiro atoms. The van der Waals surface area contributed by atoms with Crippen LogP contribution < -0.4 is 0 Å². The van der Waals surface area contributed by atoms with Gasteiger partial charge in [-0.1, -0.05) is 54.6 Å². The molecule has 4 heteroatoms. The molecule has 1 aliphatic rings. The van der Waals surface area contributed by atoms with E-state index in [1.807, 2.05) is 61.5 Å². The molecule has 0 radical (unpaired) electrons. The van der Waals surface area contributed by atoms with Crippen LogP contribution in [0.15, 0.2) is 54.6 Å². The summed E-state index contributed by atoms with van der Waals surface area (Å²) in [5.41, 5.74) is 3.17. The largest absolute Gasteiger partial charge is 0.447 e. The molecule has 2 aromatic carbocycles. The second-order valence-electron chi connectivity index (χ2n) is 5.70. The molecule has 0 bridgehead atoms. The minimum absolute atomic E-state index is 0.193. The van der Waals surface area contributed by atoms with E-state index in [2.05, 4.69) is 0 Å². The lowest BCUT2D eigenvalue weighted by molar-refractivity contribution is -0.129. The van der Waals surface area contributed by atoms with E-state index in [-0.39, 0.29) is 18.4 Å². The maximum absolute atomic E-state index is 12.9. The van der Waals surface area contributed by atoms with Crippen LogP contribution in [-0.4, -0.2) is 30.1 Å². The van der Waals surface area contributed by atoms with Gasteiger partial charge in [-0.3, -0.25) is 4.79 Å². The average molecular weight is 309 g/mol. The number of cyclic esters (lactones) is 1. The maximum atomic E-state index is 12.9. The highest BCUT2D eigenvalue weighted by Crippen LogP contribution is 2.26. The number of carbonyl (C=O) groups excluding carboxylic acids is 2. The standard InChI is InChI=1S/C19H19NO3/c1-14-7-5-6-10-16(14)13-17(15-8-3-2-4-9-15)18(21)20-11-12-23-19(20)22/h2-10,17H,11-13H2,1H3. The van der Waals surface area contributed by atoms with Gasteiger partial charge in [0.05, 0.1) is 12.5 Å². The summed E-state index contributed by atoms with van der Waals surface area (Å²) in [6, 6.07) is 17.6. The van der Waals surface area contributed by atoms with Gasteiger partial charge in [0, 0.05) is 0 Å². The lowest BCUT2D eigenvalue weighted by Gasteiger charge is -2.21. The Hall–Kier alpha value is -2.62. The molecule has 118 valence electrons. The summed E-state index contributed by atoms with van der Waals surface area (Å²) in [4.78, 5) is 25.9. The van der Waals surface area contributed by atoms with Crippen molar-refractivity contribution in [3.8, 4) is 0 Å². The van der Waals surface area contributed by atoms with Gasteiger partial charge in [-0.05, 0) is 30.0 Å². The molecule has 23 heavy (non-hydrogen) atoms. The smallest absolute Gasteiger partial charge is 0.416 e. The number of amides is 2. The van der Waals surface area contributed by atoms with Crippen molar-refractivity contribution in [3.05, 3.63) is 71.3 Å². The third-order valence-electron chi connectivity index (χ3n) is 4.21. The Kier molecular flexibility index (Phi) is 4.42. The Morgan fingerprint density at radius 1 is 1.13 bits per heavy atom. The zero-order chi connectivity index (χ0) is 16.2. The van der Waals surface area contributed by atoms with Crippen LogP contribution in [0.3, 0.4) is 0 Å². The molecule has 1 heterocycles. The monoisotopic (exact) mass is 309 g/mol. The predicted molar refractivity (Wildman–Crippen MR) is 87.1 cm³/mol. The Morgan fingerprint density at radius 3 is 2.48 bits per heavy atom. The van der Waals surface area contributed by atoms with E-state index in [4.69, 9.17) is 4.74 Å². The second-order valence-corrected chi connectivity index (χ2v) is 5.70. The molecule has 4 nitrogen and oxygen atoms in total. The summed E-state index contributed by atoms with van der Waals surface area (Å²) >= 11 is 0. The summed E-state index contributed by atoms with van der Waals surface area (Å²) in [5, 5.41) is 0. The number of ether oxygens (including phenoxy) is 1. The van der Waals surface area contributed by atoms with Crippen LogP contribution in [0.1, 0.15) is 22.6 Å². The molecule has 0 aliphatic carbocycles. The highest BCUT2D eigenvalue weighted by Gasteiger charge is 2.34. The maximum Gasteiger partial charge on any atom is 0.416 e. The minimum atomic E-state index is -0.541. The lowest BCUT2D eigenvalue weighted by Crippen LogP contribution is -2.36. The number of benzene rings is 2. The molecule has 1 saturated heterocycles. The molecule has 1 fully saturated rings. The lowest BCUT2D eigenvalue weighted by atomic mass is 9.89. The number of rotatable bonds is 4. The summed E-state index contributed by atoms with van der Waals surface area (Å²) in [5.74, 6) is -0.579. The first-order valence-electron chi connectivity index (χ1n) is 7.74. The first kappa shape index (κ1) is 15.3. The van der Waals surface area contributed by atoms with Gasteiger partial charge in [0.2, 0.25) is 5.91 Å². The van der Waals surface area contributed by atoms with Crippen LogP contribution in [0.5, 0.6) is 0 Å². The molecule has 3 rings (SSSR count). The van der Waals surface area contributed by atoms with Gasteiger partial charge in [0.15, 0.2) is 0 Å². The van der Waals surface area contributed by atoms with Crippen LogP contribution in [-0.2, 0) is 16.0 Å². The van der Waals surface area contributed by atoms with Gasteiger partial charge in [-0.15, -0.1) is 0 Å². The predicted octanol–water partition coefficient (Wildman–Crippen LogP) is 3.30. The topological polar surface area (TPSA) is 46.6 Å². The third-order valence-corrected chi connectivity index (χ3v) is 4.21. The van der Waals surface area contributed by atoms with E-state index in [9.17, 15) is 9.59 Å². The Balaban J connectivity index is 1.92. The Bertz CT molecular complexity index is 712. The van der Waals surface area contributed by atoms with E-state index < -0.39 is 6.09 Å². The quantitative estimate of drug-likeness (QED) is 0.870. The van der Waals surface area contributed by atoms with Crippen molar-refractivity contribution in [1.29, 1.82) is 0 Å². The fourth-order valence-corrected chi connectivity index (χ4v) is 2.87. The molecule has 0 saturated carbocycles. The van der Waals surface area contributed by atoms with Crippen LogP contribution in [0.2, 0.25) is 0 Å². The van der Waals surface area contributed by atoms with Gasteiger partial charge in [0.1, 0.15) is 6.61 Å². The van der Waals surface area contributed by atoms with E-state index in [0.29, 0.717) is 13.0 Å². The van der Waals surface area contributed by atoms with E-state index >= 15 is 0 Å². The molecular formula is C19H19NO3. The molecule has 2 aromatic rings. The number of imide groups is 1. The fraction of sp³-hybridized carbons (Fsp3) is 0.263. The number of aryl methyl sites for hydroxylation is 1. The van der Waals surface area contributed by atoms with Crippen LogP contribution in [0.4, 0.5) is 4.79 Å². The van der Waals surface area contributed by atoms with Crippen LogP contribution in [0, 0.1) is 6.92 Å². The molecule has 1 atom stereocenters. The van der Waals surface area contributed by atoms with Gasteiger partial charge < -0.3 is 4.74 Å². The number of nitrogens with zero attached hydrogens (tertiary/aromatic N) is 1. The van der Waals surface area contributed by atoms with E-state index in [1.54, 1.807) is 0 Å². The number of hydrogen-bond acceptors (Lipinski definition) is 3. The SMILES string of the molecule is Cc1ccccc1CC(C(=O)N1CCOC1=O)c1ccccc1. The van der Waals surface area contributed by atoms with Crippen molar-refractivity contribution in [2.45, 2.75) is 19.3 Å². The zero-order valence-corrected chi connectivity index (χ0v) is 13.1. The molecule has 1 aliphatic heterocycles. The van der Waals surface area contributed by atoms with E-state index in [0.717, 1.165) is 16.7 Å². The van der Waals surface area contributed by atoms with Crippen LogP contribution in [0.25, 0.3) is 0 Å². The zero-order valence-electron chi connectivity index (χ0n) is 13.1. The first-order chi connectivity index (χ1) is 11.2.